The molecule has 1 saturated heterocycles. The smallest absolute Gasteiger partial charge is 0.191 e. The van der Waals surface area contributed by atoms with Gasteiger partial charge in [-0.3, -0.25) is 4.99 Å². The summed E-state index contributed by atoms with van der Waals surface area (Å²) in [4.78, 5) is 7.27. The van der Waals surface area contributed by atoms with Crippen LogP contribution in [0.25, 0.3) is 0 Å². The predicted molar refractivity (Wildman–Crippen MR) is 133 cm³/mol. The highest BCUT2D eigenvalue weighted by Gasteiger charge is 2.22. The minimum Gasteiger partial charge on any atom is -0.371 e. The van der Waals surface area contributed by atoms with Crippen molar-refractivity contribution in [2.24, 2.45) is 10.9 Å². The zero-order valence-corrected chi connectivity index (χ0v) is 21.1. The maximum absolute atomic E-state index is 4.82. The average Bonchev–Trinajstić information content (AvgIpc) is 3.36. The zero-order chi connectivity index (χ0) is 19.8. The second-order valence-corrected chi connectivity index (χ2v) is 7.93. The first-order valence-corrected chi connectivity index (χ1v) is 10.9. The molecule has 0 spiro atoms. The second kappa shape index (κ2) is 12.4. The van der Waals surface area contributed by atoms with Crippen LogP contribution in [0.2, 0.25) is 0 Å². The van der Waals surface area contributed by atoms with Crippen molar-refractivity contribution in [3.8, 4) is 0 Å². The van der Waals surface area contributed by atoms with E-state index < -0.39 is 0 Å². The van der Waals surface area contributed by atoms with E-state index in [1.807, 2.05) is 0 Å². The van der Waals surface area contributed by atoms with Crippen molar-refractivity contribution in [1.29, 1.82) is 0 Å². The summed E-state index contributed by atoms with van der Waals surface area (Å²) in [7, 11) is 0. The number of hydrogen-bond acceptors (Lipinski definition) is 4. The first-order valence-electron chi connectivity index (χ1n) is 10.1. The van der Waals surface area contributed by atoms with Crippen molar-refractivity contribution in [3.63, 3.8) is 0 Å². The largest absolute Gasteiger partial charge is 0.371 e. The van der Waals surface area contributed by atoms with Crippen molar-refractivity contribution < 1.29 is 0 Å². The molecule has 1 atom stereocenters. The summed E-state index contributed by atoms with van der Waals surface area (Å²) in [5.41, 5.74) is 1.29. The third-order valence-electron chi connectivity index (χ3n) is 4.99. The molecule has 1 fully saturated rings. The van der Waals surface area contributed by atoms with Crippen molar-refractivity contribution in [2.75, 3.05) is 37.6 Å². The molecule has 2 heterocycles. The van der Waals surface area contributed by atoms with E-state index in [-0.39, 0.29) is 24.0 Å². The number of halogens is 2. The first kappa shape index (κ1) is 23.9. The number of aromatic nitrogens is 3. The maximum Gasteiger partial charge on any atom is 0.191 e. The van der Waals surface area contributed by atoms with Crippen LogP contribution < -0.4 is 15.5 Å². The molecule has 0 radical (unpaired) electrons. The summed E-state index contributed by atoms with van der Waals surface area (Å²) < 4.78 is 3.21. The summed E-state index contributed by atoms with van der Waals surface area (Å²) in [6, 6.07) is 8.56. The normalized spacial score (nSPS) is 16.6. The molecule has 1 aromatic heterocycles. The van der Waals surface area contributed by atoms with Crippen LogP contribution >= 0.6 is 39.9 Å². The number of nitrogens with zero attached hydrogens (tertiary/aromatic N) is 5. The number of anilines is 1. The lowest BCUT2D eigenvalue weighted by molar-refractivity contribution is 0.594. The molecule has 0 bridgehead atoms. The van der Waals surface area contributed by atoms with E-state index >= 15 is 0 Å². The van der Waals surface area contributed by atoms with Gasteiger partial charge < -0.3 is 20.1 Å². The van der Waals surface area contributed by atoms with Crippen molar-refractivity contribution >= 4 is 51.6 Å². The minimum absolute atomic E-state index is 0. The quantitative estimate of drug-likeness (QED) is 0.287. The van der Waals surface area contributed by atoms with Crippen LogP contribution in [0.4, 0.5) is 5.69 Å². The molecular weight excluding hydrogens is 545 g/mol. The molecule has 0 saturated carbocycles. The Kier molecular flexibility index (Phi) is 10.2. The highest BCUT2D eigenvalue weighted by atomic mass is 127. The number of aryl methyl sites for hydroxylation is 1. The zero-order valence-electron chi connectivity index (χ0n) is 17.1. The predicted octanol–water partition coefficient (Wildman–Crippen LogP) is 3.30. The number of hydrogen-bond donors (Lipinski definition) is 2. The highest BCUT2D eigenvalue weighted by Crippen LogP contribution is 2.25. The first-order chi connectivity index (χ1) is 13.7. The fourth-order valence-electron chi connectivity index (χ4n) is 3.46. The molecule has 9 heteroatoms. The Morgan fingerprint density at radius 2 is 2.03 bits per heavy atom. The van der Waals surface area contributed by atoms with Crippen LogP contribution in [0, 0.1) is 5.92 Å². The highest BCUT2D eigenvalue weighted by molar-refractivity contribution is 14.0. The number of nitrogens with one attached hydrogen (secondary N) is 2. The lowest BCUT2D eigenvalue weighted by Crippen LogP contribution is -2.39. The summed E-state index contributed by atoms with van der Waals surface area (Å²) in [5, 5.41) is 14.9. The molecule has 2 aromatic rings. The Balaban J connectivity index is 0.00000300. The maximum atomic E-state index is 4.82. The van der Waals surface area contributed by atoms with Crippen molar-refractivity contribution in [1.82, 2.24) is 25.4 Å². The van der Waals surface area contributed by atoms with E-state index in [4.69, 9.17) is 4.99 Å². The lowest BCUT2D eigenvalue weighted by atomic mass is 10.1. The topological polar surface area (TPSA) is 70.4 Å². The van der Waals surface area contributed by atoms with Gasteiger partial charge in [-0.1, -0.05) is 22.9 Å². The van der Waals surface area contributed by atoms with Gasteiger partial charge >= 0.3 is 0 Å². The van der Waals surface area contributed by atoms with Crippen LogP contribution in [-0.4, -0.2) is 53.4 Å². The fraction of sp³-hybridized carbons (Fsp3) is 0.550. The molecule has 0 aliphatic carbocycles. The molecular formula is C20H31BrIN7. The van der Waals surface area contributed by atoms with E-state index in [0.29, 0.717) is 5.92 Å². The van der Waals surface area contributed by atoms with Gasteiger partial charge in [0, 0.05) is 55.8 Å². The van der Waals surface area contributed by atoms with Crippen LogP contribution in [0.1, 0.15) is 26.1 Å². The molecule has 1 aromatic carbocycles. The van der Waals surface area contributed by atoms with Gasteiger partial charge in [-0.2, -0.15) is 0 Å². The number of guanidine groups is 1. The van der Waals surface area contributed by atoms with Gasteiger partial charge in [0.1, 0.15) is 12.2 Å². The molecule has 160 valence electrons. The number of benzene rings is 1. The summed E-state index contributed by atoms with van der Waals surface area (Å²) in [5.74, 6) is 2.49. The SMILES string of the molecule is CCNC(=NCC1CCN(c2ccc(Br)cc2)C1)NCCn1cnnc1CC.I. The Hall–Kier alpha value is -1.36. The molecule has 1 aliphatic rings. The molecule has 7 nitrogen and oxygen atoms in total. The van der Waals surface area contributed by atoms with Gasteiger partial charge in [0.15, 0.2) is 5.96 Å². The Bertz CT molecular complexity index is 762. The Morgan fingerprint density at radius 3 is 2.76 bits per heavy atom. The lowest BCUT2D eigenvalue weighted by Gasteiger charge is -2.18. The molecule has 1 unspecified atom stereocenters. The average molecular weight is 576 g/mol. The van der Waals surface area contributed by atoms with Crippen LogP contribution in [0.5, 0.6) is 0 Å². The van der Waals surface area contributed by atoms with E-state index in [9.17, 15) is 0 Å². The van der Waals surface area contributed by atoms with Gasteiger partial charge in [-0.15, -0.1) is 34.2 Å². The van der Waals surface area contributed by atoms with E-state index in [2.05, 4.69) is 84.3 Å². The van der Waals surface area contributed by atoms with E-state index in [1.54, 1.807) is 6.33 Å². The van der Waals surface area contributed by atoms with Gasteiger partial charge in [0.2, 0.25) is 0 Å². The molecule has 3 rings (SSSR count). The van der Waals surface area contributed by atoms with Gasteiger partial charge in [0.05, 0.1) is 0 Å². The van der Waals surface area contributed by atoms with E-state index in [1.165, 1.54) is 12.1 Å². The fourth-order valence-corrected chi connectivity index (χ4v) is 3.73. The second-order valence-electron chi connectivity index (χ2n) is 7.02. The summed E-state index contributed by atoms with van der Waals surface area (Å²) in [6.45, 7) is 9.68. The van der Waals surface area contributed by atoms with Crippen LogP contribution in [-0.2, 0) is 13.0 Å². The van der Waals surface area contributed by atoms with Crippen LogP contribution in [0.15, 0.2) is 40.1 Å². The number of aliphatic imine (C=N–C) groups is 1. The van der Waals surface area contributed by atoms with Gasteiger partial charge in [-0.05, 0) is 43.5 Å². The Morgan fingerprint density at radius 1 is 1.24 bits per heavy atom. The molecule has 0 amide bonds. The third-order valence-corrected chi connectivity index (χ3v) is 5.52. The van der Waals surface area contributed by atoms with Crippen molar-refractivity contribution in [2.45, 2.75) is 33.2 Å². The summed E-state index contributed by atoms with van der Waals surface area (Å²) >= 11 is 3.50. The minimum atomic E-state index is 0. The molecule has 29 heavy (non-hydrogen) atoms. The monoisotopic (exact) mass is 575 g/mol. The van der Waals surface area contributed by atoms with Gasteiger partial charge in [-0.25, -0.2) is 0 Å². The molecule has 2 N–H and O–H groups in total. The third kappa shape index (κ3) is 7.13. The van der Waals surface area contributed by atoms with Crippen LogP contribution in [0.3, 0.4) is 0 Å². The molecule has 1 aliphatic heterocycles. The van der Waals surface area contributed by atoms with Crippen molar-refractivity contribution in [3.05, 3.63) is 40.9 Å². The Labute approximate surface area is 198 Å². The number of rotatable bonds is 8. The van der Waals surface area contributed by atoms with Gasteiger partial charge in [0.25, 0.3) is 0 Å². The summed E-state index contributed by atoms with van der Waals surface area (Å²) in [6.07, 6.45) is 3.87. The standard InChI is InChI=1S/C20H30BrN7.HI/c1-3-19-26-25-15-28(19)12-10-23-20(22-4-2)24-13-16-9-11-27(14-16)18-7-5-17(21)6-8-18;/h5-8,15-16H,3-4,9-14H2,1-2H3,(H2,22,23,24);1H. The van der Waals surface area contributed by atoms with E-state index in [0.717, 1.165) is 61.9 Å².